The van der Waals surface area contributed by atoms with E-state index in [4.69, 9.17) is 10.9 Å². The molecule has 2 N–H and O–H groups in total. The summed E-state index contributed by atoms with van der Waals surface area (Å²) in [7, 11) is 0. The fourth-order valence-corrected chi connectivity index (χ4v) is 2.86. The average Bonchev–Trinajstić information content (AvgIpc) is 2.99. The Morgan fingerprint density at radius 3 is 2.72 bits per heavy atom. The van der Waals surface area contributed by atoms with Crippen molar-refractivity contribution < 1.29 is 4.79 Å². The number of carbonyl (C=O) groups is 1. The first-order chi connectivity index (χ1) is 12.2. The van der Waals surface area contributed by atoms with Gasteiger partial charge < -0.3 is 15.1 Å². The van der Waals surface area contributed by atoms with E-state index in [2.05, 4.69) is 15.3 Å². The van der Waals surface area contributed by atoms with Gasteiger partial charge >= 0.3 is 0 Å². The Morgan fingerprint density at radius 1 is 1.36 bits per heavy atom. The SMILES string of the molecule is CCN1CCN(CCC[C@H](N=[N+]=[N-])C(=O)NCc2ccccc2)C1=N. The number of likely N-dealkylation sites (N-methyl/N-ethyl adjacent to an activating group) is 1. The Labute approximate surface area is 147 Å². The molecule has 1 heterocycles. The summed E-state index contributed by atoms with van der Waals surface area (Å²) in [6, 6.07) is 8.90. The topological polar surface area (TPSA) is 108 Å². The highest BCUT2D eigenvalue weighted by Gasteiger charge is 2.24. The predicted molar refractivity (Wildman–Crippen MR) is 97.0 cm³/mol. The molecule has 1 aliphatic heterocycles. The lowest BCUT2D eigenvalue weighted by Crippen LogP contribution is -2.35. The Morgan fingerprint density at radius 2 is 2.08 bits per heavy atom. The van der Waals surface area contributed by atoms with Gasteiger partial charge in [0.15, 0.2) is 5.96 Å². The van der Waals surface area contributed by atoms with E-state index in [-0.39, 0.29) is 5.91 Å². The number of benzene rings is 1. The van der Waals surface area contributed by atoms with Crippen molar-refractivity contribution >= 4 is 11.9 Å². The van der Waals surface area contributed by atoms with Crippen LogP contribution in [0, 0.1) is 5.41 Å². The van der Waals surface area contributed by atoms with Gasteiger partial charge in [-0.3, -0.25) is 10.2 Å². The standard InChI is InChI=1S/C17H25N7O/c1-2-23-11-12-24(17(23)18)10-6-9-15(21-22-19)16(25)20-13-14-7-4-3-5-8-14/h3-5,7-8,15,18H,2,6,9-13H2,1H3,(H,20,25)/t15-/m0/s1. The third-order valence-corrected chi connectivity index (χ3v) is 4.33. The first-order valence-electron chi connectivity index (χ1n) is 8.60. The van der Waals surface area contributed by atoms with Crippen molar-refractivity contribution in [3.63, 3.8) is 0 Å². The molecule has 0 bridgehead atoms. The molecule has 0 aromatic heterocycles. The fraction of sp³-hybridized carbons (Fsp3) is 0.529. The van der Waals surface area contributed by atoms with Gasteiger partial charge in [0.05, 0.1) is 0 Å². The molecule has 1 aromatic rings. The van der Waals surface area contributed by atoms with E-state index in [0.717, 1.165) is 25.2 Å². The van der Waals surface area contributed by atoms with Gasteiger partial charge in [0.25, 0.3) is 0 Å². The van der Waals surface area contributed by atoms with E-state index in [1.807, 2.05) is 47.1 Å². The van der Waals surface area contributed by atoms with Crippen molar-refractivity contribution in [3.05, 3.63) is 46.3 Å². The summed E-state index contributed by atoms with van der Waals surface area (Å²) >= 11 is 0. The van der Waals surface area contributed by atoms with Gasteiger partial charge in [-0.15, -0.1) is 0 Å². The maximum atomic E-state index is 12.3. The molecule has 0 spiro atoms. The number of hydrogen-bond acceptors (Lipinski definition) is 3. The third kappa shape index (κ3) is 5.39. The van der Waals surface area contributed by atoms with Crippen molar-refractivity contribution in [3.8, 4) is 0 Å². The number of guanidine groups is 1. The monoisotopic (exact) mass is 343 g/mol. The molecule has 0 aliphatic carbocycles. The van der Waals surface area contributed by atoms with Crippen LogP contribution in [0.3, 0.4) is 0 Å². The first-order valence-corrected chi connectivity index (χ1v) is 8.60. The molecule has 1 aliphatic rings. The minimum Gasteiger partial charge on any atom is -0.352 e. The largest absolute Gasteiger partial charge is 0.352 e. The smallest absolute Gasteiger partial charge is 0.229 e. The van der Waals surface area contributed by atoms with Crippen LogP contribution in [0.1, 0.15) is 25.3 Å². The molecule has 8 nitrogen and oxygen atoms in total. The Bertz CT molecular complexity index is 627. The number of amides is 1. The molecule has 25 heavy (non-hydrogen) atoms. The van der Waals surface area contributed by atoms with Gasteiger partial charge in [-0.25, -0.2) is 0 Å². The van der Waals surface area contributed by atoms with Gasteiger partial charge in [0.1, 0.15) is 6.04 Å². The van der Waals surface area contributed by atoms with E-state index >= 15 is 0 Å². The summed E-state index contributed by atoms with van der Waals surface area (Å²) in [6.07, 6.45) is 1.17. The molecule has 134 valence electrons. The van der Waals surface area contributed by atoms with E-state index in [1.165, 1.54) is 0 Å². The van der Waals surface area contributed by atoms with Crippen LogP contribution in [0.5, 0.6) is 0 Å². The minimum absolute atomic E-state index is 0.256. The van der Waals surface area contributed by atoms with Gasteiger partial charge in [0.2, 0.25) is 5.91 Å². The van der Waals surface area contributed by atoms with Gasteiger partial charge in [-0.05, 0) is 30.9 Å². The van der Waals surface area contributed by atoms with Crippen molar-refractivity contribution in [1.82, 2.24) is 15.1 Å². The molecular formula is C17H25N7O. The number of hydrogen-bond donors (Lipinski definition) is 2. The zero-order valence-corrected chi connectivity index (χ0v) is 14.6. The molecule has 1 saturated heterocycles. The number of nitrogens with one attached hydrogen (secondary N) is 2. The first kappa shape index (κ1) is 18.6. The van der Waals surface area contributed by atoms with Crippen LogP contribution in [0.25, 0.3) is 10.4 Å². The molecular weight excluding hydrogens is 318 g/mol. The summed E-state index contributed by atoms with van der Waals surface area (Å²) in [4.78, 5) is 19.1. The minimum atomic E-state index is -0.715. The van der Waals surface area contributed by atoms with Crippen LogP contribution in [0.2, 0.25) is 0 Å². The summed E-state index contributed by atoms with van der Waals surface area (Å²) in [5, 5.41) is 14.5. The Kier molecular flexibility index (Phi) is 7.10. The molecule has 1 atom stereocenters. The zero-order chi connectivity index (χ0) is 18.1. The number of nitrogens with zero attached hydrogens (tertiary/aromatic N) is 5. The lowest BCUT2D eigenvalue weighted by Gasteiger charge is -2.21. The summed E-state index contributed by atoms with van der Waals surface area (Å²) in [6.45, 7) is 5.68. The van der Waals surface area contributed by atoms with Gasteiger partial charge in [-0.2, -0.15) is 0 Å². The number of azide groups is 1. The van der Waals surface area contributed by atoms with Crippen LogP contribution < -0.4 is 5.32 Å². The highest BCUT2D eigenvalue weighted by molar-refractivity contribution is 5.82. The van der Waals surface area contributed by atoms with E-state index in [1.54, 1.807) is 0 Å². The van der Waals surface area contributed by atoms with Crippen LogP contribution in [-0.2, 0) is 11.3 Å². The maximum Gasteiger partial charge on any atom is 0.229 e. The molecule has 1 fully saturated rings. The normalized spacial score (nSPS) is 15.0. The van der Waals surface area contributed by atoms with Gasteiger partial charge in [0, 0.05) is 37.6 Å². The molecule has 1 aromatic carbocycles. The Hall–Kier alpha value is -2.73. The summed E-state index contributed by atoms with van der Waals surface area (Å²) in [5.41, 5.74) is 9.72. The van der Waals surface area contributed by atoms with Crippen LogP contribution in [-0.4, -0.2) is 53.9 Å². The van der Waals surface area contributed by atoms with Crippen molar-refractivity contribution in [2.24, 2.45) is 5.11 Å². The van der Waals surface area contributed by atoms with Crippen LogP contribution in [0.15, 0.2) is 35.4 Å². The highest BCUT2D eigenvalue weighted by atomic mass is 16.2. The van der Waals surface area contributed by atoms with E-state index in [0.29, 0.717) is 31.9 Å². The summed E-state index contributed by atoms with van der Waals surface area (Å²) in [5.74, 6) is 0.282. The van der Waals surface area contributed by atoms with Gasteiger partial charge in [-0.1, -0.05) is 35.4 Å². The quantitative estimate of drug-likeness (QED) is 0.408. The summed E-state index contributed by atoms with van der Waals surface area (Å²) < 4.78 is 0. The fourth-order valence-electron chi connectivity index (χ4n) is 2.86. The molecule has 0 radical (unpaired) electrons. The maximum absolute atomic E-state index is 12.3. The average molecular weight is 343 g/mol. The highest BCUT2D eigenvalue weighted by Crippen LogP contribution is 2.11. The van der Waals surface area contributed by atoms with Crippen molar-refractivity contribution in [2.45, 2.75) is 32.4 Å². The molecule has 2 rings (SSSR count). The second kappa shape index (κ2) is 9.54. The third-order valence-electron chi connectivity index (χ3n) is 4.33. The lowest BCUT2D eigenvalue weighted by molar-refractivity contribution is -0.122. The number of rotatable bonds is 9. The second-order valence-electron chi connectivity index (χ2n) is 5.96. The van der Waals surface area contributed by atoms with E-state index < -0.39 is 6.04 Å². The van der Waals surface area contributed by atoms with E-state index in [9.17, 15) is 4.79 Å². The molecule has 1 amide bonds. The van der Waals surface area contributed by atoms with Crippen molar-refractivity contribution in [2.75, 3.05) is 26.2 Å². The zero-order valence-electron chi connectivity index (χ0n) is 14.6. The predicted octanol–water partition coefficient (Wildman–Crippen LogP) is 2.33. The van der Waals surface area contributed by atoms with Crippen LogP contribution in [0.4, 0.5) is 0 Å². The number of carbonyl (C=O) groups excluding carboxylic acids is 1. The second-order valence-corrected chi connectivity index (χ2v) is 5.96. The molecule has 0 saturated carbocycles. The molecule has 0 unspecified atom stereocenters. The molecule has 8 heteroatoms. The van der Waals surface area contributed by atoms with Crippen molar-refractivity contribution in [1.29, 1.82) is 5.41 Å². The lowest BCUT2D eigenvalue weighted by atomic mass is 10.1. The van der Waals surface area contributed by atoms with Crippen LogP contribution >= 0.6 is 0 Å². The Balaban J connectivity index is 1.79.